The van der Waals surface area contributed by atoms with Crippen LogP contribution >= 0.6 is 0 Å². The molecule has 4 rings (SSSR count). The Labute approximate surface area is 235 Å². The SMILES string of the molecule is CC(C)OCc1nn(CCOCC(F)(F)F)c2c(Nc3ccncn3)nc(N3CCNCC3)nc12.O=C(O)C(F)(F)F. The molecule has 0 aromatic carbocycles. The fourth-order valence-electron chi connectivity index (χ4n) is 3.55. The number of ether oxygens (including phenoxy) is 2. The summed E-state index contributed by atoms with van der Waals surface area (Å²) in [5.41, 5.74) is 1.65. The van der Waals surface area contributed by atoms with Gasteiger partial charge in [-0.2, -0.15) is 36.4 Å². The average Bonchev–Trinajstić information content (AvgIpc) is 3.28. The van der Waals surface area contributed by atoms with Gasteiger partial charge in [-0.05, 0) is 19.9 Å². The van der Waals surface area contributed by atoms with Gasteiger partial charge in [0.15, 0.2) is 5.82 Å². The molecular weight excluding hydrogens is 580 g/mol. The minimum atomic E-state index is -5.08. The van der Waals surface area contributed by atoms with Crippen LogP contribution in [0, 0.1) is 0 Å². The highest BCUT2D eigenvalue weighted by Gasteiger charge is 2.38. The normalized spacial score (nSPS) is 14.2. The number of nitrogens with one attached hydrogen (secondary N) is 2. The summed E-state index contributed by atoms with van der Waals surface area (Å²) in [4.78, 5) is 28.7. The minimum Gasteiger partial charge on any atom is -0.475 e. The van der Waals surface area contributed by atoms with Crippen molar-refractivity contribution in [1.29, 1.82) is 0 Å². The number of anilines is 3. The van der Waals surface area contributed by atoms with E-state index in [1.54, 1.807) is 16.9 Å². The van der Waals surface area contributed by atoms with Crippen molar-refractivity contribution >= 4 is 34.6 Å². The molecule has 13 nitrogen and oxygen atoms in total. The maximum absolute atomic E-state index is 12.5. The number of carboxylic acids is 1. The molecule has 0 bridgehead atoms. The zero-order valence-corrected chi connectivity index (χ0v) is 22.5. The molecule has 0 aliphatic carbocycles. The Balaban J connectivity index is 0.000000616. The second-order valence-corrected chi connectivity index (χ2v) is 9.03. The third-order valence-corrected chi connectivity index (χ3v) is 5.38. The van der Waals surface area contributed by atoms with Crippen LogP contribution in [0.2, 0.25) is 0 Å². The molecule has 0 spiro atoms. The van der Waals surface area contributed by atoms with Crippen LogP contribution in [0.3, 0.4) is 0 Å². The first kappa shape index (κ1) is 32.7. The number of carbonyl (C=O) groups is 1. The molecule has 0 saturated carbocycles. The number of nitrogens with zero attached hydrogens (tertiary/aromatic N) is 7. The third-order valence-electron chi connectivity index (χ3n) is 5.38. The second-order valence-electron chi connectivity index (χ2n) is 9.03. The largest absolute Gasteiger partial charge is 0.490 e. The fraction of sp³-hybridized carbons (Fsp3) is 0.565. The summed E-state index contributed by atoms with van der Waals surface area (Å²) in [6.45, 7) is 5.63. The monoisotopic (exact) mass is 609 g/mol. The summed E-state index contributed by atoms with van der Waals surface area (Å²) in [6, 6.07) is 1.69. The van der Waals surface area contributed by atoms with Crippen molar-refractivity contribution in [2.45, 2.75) is 45.5 Å². The van der Waals surface area contributed by atoms with Crippen LogP contribution < -0.4 is 15.5 Å². The number of aliphatic carboxylic acids is 1. The zero-order chi connectivity index (χ0) is 30.9. The van der Waals surface area contributed by atoms with Crippen molar-refractivity contribution in [1.82, 2.24) is 35.0 Å². The molecule has 4 heterocycles. The van der Waals surface area contributed by atoms with Gasteiger partial charge in [0.25, 0.3) is 0 Å². The van der Waals surface area contributed by atoms with E-state index in [9.17, 15) is 26.3 Å². The van der Waals surface area contributed by atoms with Gasteiger partial charge in [0, 0.05) is 32.4 Å². The molecule has 0 atom stereocenters. The first-order chi connectivity index (χ1) is 19.7. The Morgan fingerprint density at radius 2 is 1.86 bits per heavy atom. The number of piperazine rings is 1. The summed E-state index contributed by atoms with van der Waals surface area (Å²) in [5.74, 6) is -1.30. The van der Waals surface area contributed by atoms with Crippen LogP contribution in [0.25, 0.3) is 11.0 Å². The summed E-state index contributed by atoms with van der Waals surface area (Å²) in [6.07, 6.45) is -6.53. The molecule has 0 unspecified atom stereocenters. The summed E-state index contributed by atoms with van der Waals surface area (Å²) in [5, 5.41) is 18.2. The predicted molar refractivity (Wildman–Crippen MR) is 136 cm³/mol. The Morgan fingerprint density at radius 3 is 2.43 bits per heavy atom. The van der Waals surface area contributed by atoms with Crippen molar-refractivity contribution in [2.24, 2.45) is 0 Å². The number of halogens is 6. The maximum Gasteiger partial charge on any atom is 0.490 e. The van der Waals surface area contributed by atoms with Gasteiger partial charge >= 0.3 is 18.3 Å². The number of aromatic nitrogens is 6. The molecule has 42 heavy (non-hydrogen) atoms. The van der Waals surface area contributed by atoms with E-state index in [0.29, 0.717) is 34.3 Å². The Bertz CT molecular complexity index is 1300. The van der Waals surface area contributed by atoms with E-state index in [1.165, 1.54) is 6.33 Å². The molecule has 232 valence electrons. The van der Waals surface area contributed by atoms with Gasteiger partial charge in [-0.25, -0.2) is 19.7 Å². The maximum atomic E-state index is 12.5. The van der Waals surface area contributed by atoms with Gasteiger partial charge in [0.2, 0.25) is 5.95 Å². The van der Waals surface area contributed by atoms with Crippen LogP contribution in [-0.2, 0) is 27.4 Å². The van der Waals surface area contributed by atoms with Crippen molar-refractivity contribution < 1.29 is 45.7 Å². The van der Waals surface area contributed by atoms with Crippen molar-refractivity contribution in [3.63, 3.8) is 0 Å². The Hall–Kier alpha value is -3.84. The highest BCUT2D eigenvalue weighted by atomic mass is 19.4. The van der Waals surface area contributed by atoms with Gasteiger partial charge < -0.3 is 30.1 Å². The molecule has 0 amide bonds. The predicted octanol–water partition coefficient (Wildman–Crippen LogP) is 2.91. The average molecular weight is 610 g/mol. The Kier molecular flexibility index (Phi) is 11.2. The fourth-order valence-corrected chi connectivity index (χ4v) is 3.55. The molecule has 1 aliphatic heterocycles. The van der Waals surface area contributed by atoms with Crippen LogP contribution in [0.5, 0.6) is 0 Å². The number of fused-ring (bicyclic) bond motifs is 1. The number of carboxylic acid groups (broad SMARTS) is 1. The third kappa shape index (κ3) is 9.91. The van der Waals surface area contributed by atoms with E-state index in [4.69, 9.17) is 29.3 Å². The summed E-state index contributed by atoms with van der Waals surface area (Å²) in [7, 11) is 0. The van der Waals surface area contributed by atoms with Crippen molar-refractivity contribution in [3.05, 3.63) is 24.3 Å². The van der Waals surface area contributed by atoms with E-state index in [2.05, 4.69) is 30.6 Å². The molecule has 1 fully saturated rings. The molecule has 1 aliphatic rings. The molecule has 3 aromatic rings. The number of rotatable bonds is 10. The number of hydrogen-bond acceptors (Lipinski definition) is 11. The lowest BCUT2D eigenvalue weighted by molar-refractivity contribution is -0.192. The standard InChI is InChI=1S/C21H28F3N9O2.C2HF3O2/c1-14(2)35-11-15-17-18(33(31-15)9-10-34-12-21(22,23)24)19(28-16-3-4-26-13-27-16)30-20(29-17)32-7-5-25-6-8-32;3-2(4,5)1(6)7/h3-4,13-14,25H,5-12H2,1-2H3,(H,26,27,28,29,30);(H,6,7). The Morgan fingerprint density at radius 1 is 1.17 bits per heavy atom. The van der Waals surface area contributed by atoms with Crippen LogP contribution in [0.1, 0.15) is 19.5 Å². The summed E-state index contributed by atoms with van der Waals surface area (Å²) >= 11 is 0. The summed E-state index contributed by atoms with van der Waals surface area (Å²) < 4.78 is 81.5. The van der Waals surface area contributed by atoms with Gasteiger partial charge in [0.1, 0.15) is 35.5 Å². The lowest BCUT2D eigenvalue weighted by atomic mass is 10.3. The van der Waals surface area contributed by atoms with Crippen LogP contribution in [0.4, 0.5) is 43.9 Å². The van der Waals surface area contributed by atoms with Gasteiger partial charge in [-0.1, -0.05) is 0 Å². The lowest BCUT2D eigenvalue weighted by Crippen LogP contribution is -2.44. The quantitative estimate of drug-likeness (QED) is 0.229. The van der Waals surface area contributed by atoms with Gasteiger partial charge in [-0.15, -0.1) is 0 Å². The van der Waals surface area contributed by atoms with Crippen LogP contribution in [-0.4, -0.2) is 98.6 Å². The van der Waals surface area contributed by atoms with E-state index < -0.39 is 24.9 Å². The van der Waals surface area contributed by atoms with E-state index >= 15 is 0 Å². The van der Waals surface area contributed by atoms with Crippen LogP contribution in [0.15, 0.2) is 18.6 Å². The molecule has 0 radical (unpaired) electrons. The topological polar surface area (TPSA) is 152 Å². The molecule has 3 aromatic heterocycles. The van der Waals surface area contributed by atoms with Gasteiger partial charge in [-0.3, -0.25) is 4.68 Å². The molecule has 19 heteroatoms. The highest BCUT2D eigenvalue weighted by Crippen LogP contribution is 2.29. The van der Waals surface area contributed by atoms with Crippen molar-refractivity contribution in [2.75, 3.05) is 49.6 Å². The number of hydrogen-bond donors (Lipinski definition) is 3. The minimum absolute atomic E-state index is 0.0431. The van der Waals surface area contributed by atoms with E-state index in [1.807, 2.05) is 13.8 Å². The molecule has 3 N–H and O–H groups in total. The van der Waals surface area contributed by atoms with Gasteiger partial charge in [0.05, 0.1) is 25.9 Å². The lowest BCUT2D eigenvalue weighted by Gasteiger charge is -2.27. The molecular formula is C23H29F6N9O4. The second kappa shape index (κ2) is 14.4. The number of alkyl halides is 6. The van der Waals surface area contributed by atoms with E-state index in [-0.39, 0.29) is 25.9 Å². The van der Waals surface area contributed by atoms with Crippen molar-refractivity contribution in [3.8, 4) is 0 Å². The molecule has 1 saturated heterocycles. The van der Waals surface area contributed by atoms with E-state index in [0.717, 1.165) is 26.2 Å². The first-order valence-corrected chi connectivity index (χ1v) is 12.6. The first-order valence-electron chi connectivity index (χ1n) is 12.6. The zero-order valence-electron chi connectivity index (χ0n) is 22.5. The smallest absolute Gasteiger partial charge is 0.475 e. The highest BCUT2D eigenvalue weighted by molar-refractivity contribution is 5.90.